The number of hydrogen-bond acceptors (Lipinski definition) is 4. The standard InChI is InChI=1S/C24H27N3O2S/c1-15-12-13-16(2)21(14-15)25-22(28)17(3)30-24-26-20-11-7-6-10-19(20)23(29)27(24)18-8-4-5-9-18/h6-7,10-14,17-18H,4-5,8-9H2,1-3H3,(H,25,28)/t17-/m0/s1. The summed E-state index contributed by atoms with van der Waals surface area (Å²) in [4.78, 5) is 31.0. The van der Waals surface area contributed by atoms with Crippen molar-refractivity contribution < 1.29 is 4.79 Å². The molecule has 1 N–H and O–H groups in total. The maximum atomic E-state index is 13.3. The number of aromatic nitrogens is 2. The highest BCUT2D eigenvalue weighted by atomic mass is 32.2. The summed E-state index contributed by atoms with van der Waals surface area (Å²) < 4.78 is 1.84. The van der Waals surface area contributed by atoms with Gasteiger partial charge in [0.05, 0.1) is 16.2 Å². The number of fused-ring (bicyclic) bond motifs is 1. The third-order valence-corrected chi connectivity index (χ3v) is 6.83. The van der Waals surface area contributed by atoms with Crippen LogP contribution in [0.15, 0.2) is 52.4 Å². The number of nitrogens with zero attached hydrogens (tertiary/aromatic N) is 2. The summed E-state index contributed by atoms with van der Waals surface area (Å²) in [5.41, 5.74) is 3.63. The van der Waals surface area contributed by atoms with Crippen molar-refractivity contribution in [2.75, 3.05) is 5.32 Å². The lowest BCUT2D eigenvalue weighted by atomic mass is 10.1. The molecule has 0 bridgehead atoms. The molecule has 5 nitrogen and oxygen atoms in total. The molecule has 6 heteroatoms. The molecule has 0 spiro atoms. The first kappa shape index (κ1) is 20.7. The van der Waals surface area contributed by atoms with Crippen molar-refractivity contribution in [3.05, 3.63) is 63.9 Å². The van der Waals surface area contributed by atoms with Gasteiger partial charge in [-0.2, -0.15) is 0 Å². The van der Waals surface area contributed by atoms with Crippen LogP contribution in [0.1, 0.15) is 49.8 Å². The van der Waals surface area contributed by atoms with Gasteiger partial charge in [-0.15, -0.1) is 0 Å². The number of thioether (sulfide) groups is 1. The predicted octanol–water partition coefficient (Wildman–Crippen LogP) is 5.25. The highest BCUT2D eigenvalue weighted by Crippen LogP contribution is 2.33. The second-order valence-electron chi connectivity index (χ2n) is 8.09. The van der Waals surface area contributed by atoms with Crippen molar-refractivity contribution in [3.63, 3.8) is 0 Å². The van der Waals surface area contributed by atoms with Crippen LogP contribution in [0.4, 0.5) is 5.69 Å². The Morgan fingerprint density at radius 1 is 1.17 bits per heavy atom. The first-order chi connectivity index (χ1) is 14.4. The van der Waals surface area contributed by atoms with E-state index in [9.17, 15) is 9.59 Å². The van der Waals surface area contributed by atoms with E-state index in [-0.39, 0.29) is 22.8 Å². The Morgan fingerprint density at radius 2 is 1.90 bits per heavy atom. The Hall–Kier alpha value is -2.60. The highest BCUT2D eigenvalue weighted by Gasteiger charge is 2.25. The number of anilines is 1. The Morgan fingerprint density at radius 3 is 2.67 bits per heavy atom. The molecule has 1 atom stereocenters. The number of nitrogens with one attached hydrogen (secondary N) is 1. The van der Waals surface area contributed by atoms with Crippen LogP contribution in [0, 0.1) is 13.8 Å². The van der Waals surface area contributed by atoms with E-state index in [1.807, 2.05) is 67.8 Å². The van der Waals surface area contributed by atoms with Gasteiger partial charge in [-0.05, 0) is 62.9 Å². The van der Waals surface area contributed by atoms with Crippen LogP contribution < -0.4 is 10.9 Å². The Kier molecular flexibility index (Phi) is 5.95. The van der Waals surface area contributed by atoms with Gasteiger partial charge in [-0.1, -0.05) is 48.9 Å². The lowest BCUT2D eigenvalue weighted by Crippen LogP contribution is -2.29. The minimum absolute atomic E-state index is 0.00265. The summed E-state index contributed by atoms with van der Waals surface area (Å²) in [7, 11) is 0. The van der Waals surface area contributed by atoms with E-state index in [1.54, 1.807) is 0 Å². The summed E-state index contributed by atoms with van der Waals surface area (Å²) >= 11 is 1.36. The number of carbonyl (C=O) groups is 1. The molecule has 3 aromatic rings. The zero-order valence-electron chi connectivity index (χ0n) is 17.6. The maximum Gasteiger partial charge on any atom is 0.262 e. The summed E-state index contributed by atoms with van der Waals surface area (Å²) in [6.45, 7) is 5.85. The molecule has 1 aliphatic rings. The smallest absolute Gasteiger partial charge is 0.262 e. The van der Waals surface area contributed by atoms with Gasteiger partial charge >= 0.3 is 0 Å². The molecule has 156 valence electrons. The molecular weight excluding hydrogens is 394 g/mol. The van der Waals surface area contributed by atoms with E-state index in [0.29, 0.717) is 16.1 Å². The van der Waals surface area contributed by atoms with Crippen LogP contribution in [0.3, 0.4) is 0 Å². The molecule has 1 aromatic heterocycles. The number of para-hydroxylation sites is 1. The first-order valence-corrected chi connectivity index (χ1v) is 11.4. The fourth-order valence-corrected chi connectivity index (χ4v) is 4.99. The van der Waals surface area contributed by atoms with Gasteiger partial charge in [0.15, 0.2) is 5.16 Å². The number of carbonyl (C=O) groups excluding carboxylic acids is 1. The van der Waals surface area contributed by atoms with Gasteiger partial charge in [0.25, 0.3) is 5.56 Å². The molecule has 1 saturated carbocycles. The normalized spacial score (nSPS) is 15.4. The zero-order valence-corrected chi connectivity index (χ0v) is 18.5. The lowest BCUT2D eigenvalue weighted by molar-refractivity contribution is -0.115. The Balaban J connectivity index is 1.65. The summed E-state index contributed by atoms with van der Waals surface area (Å²) in [5, 5.41) is 3.93. The van der Waals surface area contributed by atoms with Crippen molar-refractivity contribution in [2.24, 2.45) is 0 Å². The molecule has 30 heavy (non-hydrogen) atoms. The van der Waals surface area contributed by atoms with Gasteiger partial charge in [-0.25, -0.2) is 4.98 Å². The van der Waals surface area contributed by atoms with Crippen LogP contribution in [0.2, 0.25) is 0 Å². The van der Waals surface area contributed by atoms with Gasteiger partial charge < -0.3 is 5.32 Å². The van der Waals surface area contributed by atoms with Crippen molar-refractivity contribution in [1.29, 1.82) is 0 Å². The number of benzene rings is 2. The quantitative estimate of drug-likeness (QED) is 0.451. The largest absolute Gasteiger partial charge is 0.325 e. The SMILES string of the molecule is Cc1ccc(C)c(NC(=O)[C@H](C)Sc2nc3ccccc3c(=O)n2C2CCCC2)c1. The summed E-state index contributed by atoms with van der Waals surface area (Å²) in [6.07, 6.45) is 4.21. The summed E-state index contributed by atoms with van der Waals surface area (Å²) in [5.74, 6) is -0.0888. The van der Waals surface area contributed by atoms with Crippen molar-refractivity contribution in [2.45, 2.75) is 62.9 Å². The number of rotatable bonds is 5. The van der Waals surface area contributed by atoms with Crippen LogP contribution in [-0.2, 0) is 4.79 Å². The van der Waals surface area contributed by atoms with E-state index < -0.39 is 0 Å². The van der Waals surface area contributed by atoms with Gasteiger partial charge in [0, 0.05) is 11.7 Å². The van der Waals surface area contributed by atoms with Crippen LogP contribution in [-0.4, -0.2) is 20.7 Å². The average Bonchev–Trinajstić information content (AvgIpc) is 3.25. The molecule has 0 unspecified atom stereocenters. The van der Waals surface area contributed by atoms with E-state index in [1.165, 1.54) is 11.8 Å². The topological polar surface area (TPSA) is 64.0 Å². The van der Waals surface area contributed by atoms with Gasteiger partial charge in [-0.3, -0.25) is 14.2 Å². The second-order valence-corrected chi connectivity index (χ2v) is 9.40. The molecule has 1 amide bonds. The Labute approximate surface area is 180 Å². The molecule has 0 saturated heterocycles. The predicted molar refractivity (Wildman–Crippen MR) is 123 cm³/mol. The Bertz CT molecular complexity index is 1150. The minimum atomic E-state index is -0.384. The van der Waals surface area contributed by atoms with E-state index in [2.05, 4.69) is 5.32 Å². The summed E-state index contributed by atoms with van der Waals surface area (Å²) in [6, 6.07) is 13.6. The maximum absolute atomic E-state index is 13.3. The van der Waals surface area contributed by atoms with Crippen molar-refractivity contribution >= 4 is 34.3 Å². The molecule has 0 radical (unpaired) electrons. The van der Waals surface area contributed by atoms with Crippen molar-refractivity contribution in [1.82, 2.24) is 9.55 Å². The molecule has 1 aliphatic carbocycles. The van der Waals surface area contributed by atoms with Crippen molar-refractivity contribution in [3.8, 4) is 0 Å². The zero-order chi connectivity index (χ0) is 21.3. The minimum Gasteiger partial charge on any atom is -0.325 e. The van der Waals surface area contributed by atoms with Gasteiger partial charge in [0.1, 0.15) is 0 Å². The highest BCUT2D eigenvalue weighted by molar-refractivity contribution is 8.00. The third kappa shape index (κ3) is 4.15. The molecule has 4 rings (SSSR count). The lowest BCUT2D eigenvalue weighted by Gasteiger charge is -2.20. The second kappa shape index (κ2) is 8.64. The fraction of sp³-hybridized carbons (Fsp3) is 0.375. The van der Waals surface area contributed by atoms with Crippen LogP contribution >= 0.6 is 11.8 Å². The van der Waals surface area contributed by atoms with E-state index in [0.717, 1.165) is 42.5 Å². The van der Waals surface area contributed by atoms with Gasteiger partial charge in [0.2, 0.25) is 5.91 Å². The average molecular weight is 422 g/mol. The fourth-order valence-electron chi connectivity index (χ4n) is 4.01. The number of aryl methyl sites for hydroxylation is 2. The number of hydrogen-bond donors (Lipinski definition) is 1. The third-order valence-electron chi connectivity index (χ3n) is 5.77. The van der Waals surface area contributed by atoms with Crippen LogP contribution in [0.25, 0.3) is 10.9 Å². The molecule has 1 fully saturated rings. The first-order valence-electron chi connectivity index (χ1n) is 10.5. The van der Waals surface area contributed by atoms with E-state index in [4.69, 9.17) is 4.98 Å². The monoisotopic (exact) mass is 421 g/mol. The van der Waals surface area contributed by atoms with Crippen LogP contribution in [0.5, 0.6) is 0 Å². The molecule has 0 aliphatic heterocycles. The number of amides is 1. The van der Waals surface area contributed by atoms with E-state index >= 15 is 0 Å². The molecule has 1 heterocycles. The molecular formula is C24H27N3O2S. The molecule has 2 aromatic carbocycles.